The van der Waals surface area contributed by atoms with E-state index in [-0.39, 0.29) is 24.0 Å². The summed E-state index contributed by atoms with van der Waals surface area (Å²) in [7, 11) is 1.93. The van der Waals surface area contributed by atoms with Gasteiger partial charge in [0.05, 0.1) is 0 Å². The molecule has 3 heterocycles. The summed E-state index contributed by atoms with van der Waals surface area (Å²) < 4.78 is 0. The quantitative estimate of drug-likeness (QED) is 0.386. The van der Waals surface area contributed by atoms with Gasteiger partial charge in [0.25, 0.3) is 0 Å². The lowest BCUT2D eigenvalue weighted by molar-refractivity contribution is 0.0372. The van der Waals surface area contributed by atoms with Crippen LogP contribution >= 0.6 is 24.0 Å². The van der Waals surface area contributed by atoms with E-state index in [1.807, 2.05) is 7.05 Å². The Balaban J connectivity index is 0.00000225. The van der Waals surface area contributed by atoms with Gasteiger partial charge in [-0.15, -0.1) is 24.0 Å². The maximum absolute atomic E-state index is 4.58. The highest BCUT2D eigenvalue weighted by Gasteiger charge is 2.36. The van der Waals surface area contributed by atoms with Crippen molar-refractivity contribution in [3.8, 4) is 0 Å². The molecule has 3 saturated heterocycles. The molecule has 0 radical (unpaired) electrons. The molecule has 3 fully saturated rings. The van der Waals surface area contributed by atoms with E-state index in [0.717, 1.165) is 50.6 Å². The summed E-state index contributed by atoms with van der Waals surface area (Å²) in [6, 6.07) is 11.7. The van der Waals surface area contributed by atoms with E-state index in [1.165, 1.54) is 50.9 Å². The summed E-state index contributed by atoms with van der Waals surface area (Å²) in [6.07, 6.45) is 5.30. The van der Waals surface area contributed by atoms with Crippen molar-refractivity contribution in [2.24, 2.45) is 10.9 Å². The van der Waals surface area contributed by atoms with Gasteiger partial charge in [-0.3, -0.25) is 9.89 Å². The summed E-state index contributed by atoms with van der Waals surface area (Å²) in [5.41, 5.74) is 1.45. The van der Waals surface area contributed by atoms with Gasteiger partial charge in [0.1, 0.15) is 0 Å². The second kappa shape index (κ2) is 10.8. The lowest BCUT2D eigenvalue weighted by Gasteiger charge is -2.48. The Morgan fingerprint density at radius 1 is 1.07 bits per heavy atom. The molecule has 6 heteroatoms. The lowest BCUT2D eigenvalue weighted by Crippen LogP contribution is -2.57. The maximum Gasteiger partial charge on any atom is 0.193 e. The average molecular weight is 497 g/mol. The molecule has 5 nitrogen and oxygen atoms in total. The number of guanidine groups is 1. The first-order chi connectivity index (χ1) is 13.3. The fourth-order valence-corrected chi connectivity index (χ4v) is 4.98. The fourth-order valence-electron chi connectivity index (χ4n) is 4.98. The molecule has 0 spiro atoms. The summed E-state index contributed by atoms with van der Waals surface area (Å²) >= 11 is 0. The van der Waals surface area contributed by atoms with Gasteiger partial charge < -0.3 is 15.1 Å². The molecule has 1 aromatic carbocycles. The first kappa shape index (κ1) is 21.8. The average Bonchev–Trinajstić information content (AvgIpc) is 2.67. The third-order valence-electron chi connectivity index (χ3n) is 6.58. The van der Waals surface area contributed by atoms with E-state index in [1.54, 1.807) is 0 Å². The van der Waals surface area contributed by atoms with Gasteiger partial charge >= 0.3 is 0 Å². The molecule has 0 aliphatic carbocycles. The summed E-state index contributed by atoms with van der Waals surface area (Å²) in [4.78, 5) is 12.3. The van der Waals surface area contributed by atoms with Gasteiger partial charge in [-0.1, -0.05) is 30.3 Å². The van der Waals surface area contributed by atoms with Crippen LogP contribution in [0.15, 0.2) is 35.3 Å². The number of rotatable bonds is 5. The number of hydrogen-bond donors (Lipinski definition) is 1. The maximum atomic E-state index is 4.58. The first-order valence-electron chi connectivity index (χ1n) is 10.8. The number of nitrogens with one attached hydrogen (secondary N) is 1. The van der Waals surface area contributed by atoms with Crippen LogP contribution in [0.5, 0.6) is 0 Å². The standard InChI is InChI=1S/C22H35N5.HI/c1-23-22(24-11-16-25-12-6-13-25)27-15-10-21-20(18-27)9-5-14-26(21)17-19-7-3-2-4-8-19;/h2-4,7-8,20-21H,5-6,9-18H2,1H3,(H,23,24);1H. The van der Waals surface area contributed by atoms with Gasteiger partial charge in [-0.05, 0) is 56.8 Å². The minimum absolute atomic E-state index is 0. The van der Waals surface area contributed by atoms with Gasteiger partial charge in [0.15, 0.2) is 5.96 Å². The van der Waals surface area contributed by atoms with Crippen molar-refractivity contribution in [3.05, 3.63) is 35.9 Å². The van der Waals surface area contributed by atoms with Crippen LogP contribution in [-0.4, -0.2) is 79.6 Å². The molecule has 2 atom stereocenters. The van der Waals surface area contributed by atoms with Gasteiger partial charge in [-0.25, -0.2) is 0 Å². The number of likely N-dealkylation sites (tertiary alicyclic amines) is 3. The first-order valence-corrected chi connectivity index (χ1v) is 10.8. The Bertz CT molecular complexity index is 619. The zero-order valence-corrected chi connectivity index (χ0v) is 19.6. The smallest absolute Gasteiger partial charge is 0.193 e. The Labute approximate surface area is 187 Å². The Hall–Kier alpha value is -0.860. The van der Waals surface area contributed by atoms with Gasteiger partial charge in [-0.2, -0.15) is 0 Å². The Morgan fingerprint density at radius 2 is 1.89 bits per heavy atom. The molecule has 0 amide bonds. The van der Waals surface area contributed by atoms with Crippen LogP contribution in [0, 0.1) is 5.92 Å². The van der Waals surface area contributed by atoms with Crippen molar-refractivity contribution in [1.82, 2.24) is 20.0 Å². The molecule has 4 rings (SSSR count). The lowest BCUT2D eigenvalue weighted by atomic mass is 9.83. The van der Waals surface area contributed by atoms with Crippen molar-refractivity contribution in [2.75, 3.05) is 52.9 Å². The van der Waals surface area contributed by atoms with E-state index in [0.29, 0.717) is 0 Å². The van der Waals surface area contributed by atoms with Crippen LogP contribution in [0.25, 0.3) is 0 Å². The molecule has 1 aromatic rings. The van der Waals surface area contributed by atoms with Crippen molar-refractivity contribution >= 4 is 29.9 Å². The van der Waals surface area contributed by atoms with Crippen molar-refractivity contribution in [2.45, 2.75) is 38.3 Å². The molecule has 156 valence electrons. The largest absolute Gasteiger partial charge is 0.355 e. The number of piperidine rings is 2. The van der Waals surface area contributed by atoms with Crippen LogP contribution in [0.2, 0.25) is 0 Å². The number of fused-ring (bicyclic) bond motifs is 1. The molecular formula is C22H36IN5. The van der Waals surface area contributed by atoms with E-state index in [4.69, 9.17) is 0 Å². The summed E-state index contributed by atoms with van der Waals surface area (Å²) in [5.74, 6) is 1.87. The number of benzene rings is 1. The molecule has 0 aromatic heterocycles. The molecule has 3 aliphatic heterocycles. The van der Waals surface area contributed by atoms with Crippen LogP contribution < -0.4 is 5.32 Å². The second-order valence-electron chi connectivity index (χ2n) is 8.33. The third kappa shape index (κ3) is 5.39. The predicted molar refractivity (Wildman–Crippen MR) is 127 cm³/mol. The molecule has 0 saturated carbocycles. The Morgan fingerprint density at radius 3 is 2.61 bits per heavy atom. The minimum Gasteiger partial charge on any atom is -0.355 e. The van der Waals surface area contributed by atoms with E-state index in [9.17, 15) is 0 Å². The predicted octanol–water partition coefficient (Wildman–Crippen LogP) is 2.87. The van der Waals surface area contributed by atoms with Gasteiger partial charge in [0.2, 0.25) is 0 Å². The molecule has 2 unspecified atom stereocenters. The van der Waals surface area contributed by atoms with Crippen LogP contribution in [-0.2, 0) is 6.54 Å². The highest BCUT2D eigenvalue weighted by atomic mass is 127. The highest BCUT2D eigenvalue weighted by Crippen LogP contribution is 2.31. The Kier molecular flexibility index (Phi) is 8.41. The minimum atomic E-state index is 0. The normalized spacial score (nSPS) is 26.2. The fraction of sp³-hybridized carbons (Fsp3) is 0.682. The molecule has 0 bridgehead atoms. The van der Waals surface area contributed by atoms with Crippen molar-refractivity contribution in [1.29, 1.82) is 0 Å². The second-order valence-corrected chi connectivity index (χ2v) is 8.33. The molecule has 1 N–H and O–H groups in total. The molecule has 28 heavy (non-hydrogen) atoms. The third-order valence-corrected chi connectivity index (χ3v) is 6.58. The topological polar surface area (TPSA) is 34.1 Å². The number of hydrogen-bond acceptors (Lipinski definition) is 3. The van der Waals surface area contributed by atoms with E-state index < -0.39 is 0 Å². The zero-order chi connectivity index (χ0) is 18.5. The van der Waals surface area contributed by atoms with E-state index >= 15 is 0 Å². The summed E-state index contributed by atoms with van der Waals surface area (Å²) in [5, 5.41) is 3.61. The molecular weight excluding hydrogens is 461 g/mol. The number of nitrogens with zero attached hydrogens (tertiary/aromatic N) is 4. The van der Waals surface area contributed by atoms with Gasteiger partial charge in [0, 0.05) is 45.8 Å². The number of aliphatic imine (C=N–C) groups is 1. The van der Waals surface area contributed by atoms with E-state index in [2.05, 4.69) is 55.3 Å². The highest BCUT2D eigenvalue weighted by molar-refractivity contribution is 14.0. The SMILES string of the molecule is CN=C(NCCN1CCC1)N1CCC2C(CCCN2Cc2ccccc2)C1.I. The van der Waals surface area contributed by atoms with Crippen molar-refractivity contribution < 1.29 is 0 Å². The summed E-state index contributed by atoms with van der Waals surface area (Å²) in [6.45, 7) is 9.32. The van der Waals surface area contributed by atoms with Crippen LogP contribution in [0.1, 0.15) is 31.2 Å². The number of halogens is 1. The zero-order valence-electron chi connectivity index (χ0n) is 17.2. The van der Waals surface area contributed by atoms with Crippen molar-refractivity contribution in [3.63, 3.8) is 0 Å². The molecule has 3 aliphatic rings. The van der Waals surface area contributed by atoms with Crippen LogP contribution in [0.3, 0.4) is 0 Å². The monoisotopic (exact) mass is 497 g/mol. The van der Waals surface area contributed by atoms with Crippen LogP contribution in [0.4, 0.5) is 0 Å².